The molecule has 0 aliphatic heterocycles. The molecule has 0 spiro atoms. The van der Waals surface area contributed by atoms with E-state index in [0.717, 1.165) is 12.2 Å². The van der Waals surface area contributed by atoms with Crippen LogP contribution in [-0.4, -0.2) is 15.6 Å². The molecule has 4 nitrogen and oxygen atoms in total. The molecule has 0 atom stereocenters. The lowest BCUT2D eigenvalue weighted by atomic mass is 10.1. The molecule has 0 saturated heterocycles. The van der Waals surface area contributed by atoms with E-state index in [1.165, 1.54) is 25.0 Å². The average Bonchev–Trinajstić information content (AvgIpc) is 3.19. The summed E-state index contributed by atoms with van der Waals surface area (Å²) >= 11 is 0. The predicted molar refractivity (Wildman–Crippen MR) is 72.3 cm³/mol. The van der Waals surface area contributed by atoms with Crippen LogP contribution in [0, 0.1) is 17.1 Å². The molecule has 5 heteroatoms. The van der Waals surface area contributed by atoms with E-state index in [-0.39, 0.29) is 5.82 Å². The minimum absolute atomic E-state index is 0.296. The van der Waals surface area contributed by atoms with Crippen molar-refractivity contribution in [2.45, 2.75) is 32.0 Å². The first-order chi connectivity index (χ1) is 9.74. The van der Waals surface area contributed by atoms with Gasteiger partial charge < -0.3 is 9.88 Å². The van der Waals surface area contributed by atoms with Crippen molar-refractivity contribution in [2.75, 3.05) is 0 Å². The number of imidazole rings is 1. The minimum Gasteiger partial charge on any atom is -0.333 e. The molecule has 0 bridgehead atoms. The molecule has 0 unspecified atom stereocenters. The molecule has 1 aliphatic carbocycles. The lowest BCUT2D eigenvalue weighted by Crippen LogP contribution is -2.15. The fraction of sp³-hybridized carbons (Fsp3) is 0.333. The first kappa shape index (κ1) is 12.8. The van der Waals surface area contributed by atoms with E-state index in [9.17, 15) is 4.39 Å². The van der Waals surface area contributed by atoms with E-state index >= 15 is 0 Å². The van der Waals surface area contributed by atoms with Crippen LogP contribution in [-0.2, 0) is 13.1 Å². The van der Waals surface area contributed by atoms with Gasteiger partial charge in [0.2, 0.25) is 0 Å². The van der Waals surface area contributed by atoms with Crippen LogP contribution in [0.5, 0.6) is 0 Å². The van der Waals surface area contributed by atoms with Crippen molar-refractivity contribution >= 4 is 0 Å². The third-order valence-corrected chi connectivity index (χ3v) is 3.36. The van der Waals surface area contributed by atoms with Crippen LogP contribution >= 0.6 is 0 Å². The lowest BCUT2D eigenvalue weighted by molar-refractivity contribution is 0.599. The monoisotopic (exact) mass is 270 g/mol. The molecule has 102 valence electrons. The van der Waals surface area contributed by atoms with Gasteiger partial charge in [-0.15, -0.1) is 0 Å². The molecule has 0 radical (unpaired) electrons. The van der Waals surface area contributed by atoms with Crippen molar-refractivity contribution in [2.24, 2.45) is 0 Å². The van der Waals surface area contributed by atoms with Gasteiger partial charge in [-0.2, -0.15) is 5.26 Å². The fourth-order valence-electron chi connectivity index (χ4n) is 2.08. The van der Waals surface area contributed by atoms with Gasteiger partial charge >= 0.3 is 0 Å². The Hall–Kier alpha value is -2.19. The zero-order valence-electron chi connectivity index (χ0n) is 11.0. The SMILES string of the molecule is N#Cc1ccc(F)c(Cn2cnc(CNC3CC3)c2)c1. The molecular weight excluding hydrogens is 255 g/mol. The van der Waals surface area contributed by atoms with Crippen LogP contribution in [0.3, 0.4) is 0 Å². The Morgan fingerprint density at radius 2 is 2.30 bits per heavy atom. The number of hydrogen-bond acceptors (Lipinski definition) is 3. The summed E-state index contributed by atoms with van der Waals surface area (Å²) in [5, 5.41) is 12.2. The Labute approximate surface area is 116 Å². The summed E-state index contributed by atoms with van der Waals surface area (Å²) in [6.45, 7) is 1.14. The first-order valence-corrected chi connectivity index (χ1v) is 6.67. The number of aromatic nitrogens is 2. The lowest BCUT2D eigenvalue weighted by Gasteiger charge is -2.04. The number of nitrogens with one attached hydrogen (secondary N) is 1. The van der Waals surface area contributed by atoms with Crippen molar-refractivity contribution in [1.29, 1.82) is 5.26 Å². The topological polar surface area (TPSA) is 53.6 Å². The maximum absolute atomic E-state index is 13.7. The largest absolute Gasteiger partial charge is 0.333 e. The van der Waals surface area contributed by atoms with Crippen molar-refractivity contribution in [3.05, 3.63) is 53.4 Å². The number of rotatable bonds is 5. The van der Waals surface area contributed by atoms with Crippen LogP contribution in [0.4, 0.5) is 4.39 Å². The van der Waals surface area contributed by atoms with Gasteiger partial charge in [-0.05, 0) is 31.0 Å². The van der Waals surface area contributed by atoms with E-state index in [1.807, 2.05) is 16.8 Å². The van der Waals surface area contributed by atoms with Crippen LogP contribution < -0.4 is 5.32 Å². The van der Waals surface area contributed by atoms with Gasteiger partial charge in [0.15, 0.2) is 0 Å². The van der Waals surface area contributed by atoms with E-state index in [4.69, 9.17) is 5.26 Å². The van der Waals surface area contributed by atoms with Crippen LogP contribution in [0.15, 0.2) is 30.7 Å². The van der Waals surface area contributed by atoms with E-state index in [0.29, 0.717) is 23.7 Å². The Morgan fingerprint density at radius 1 is 1.45 bits per heavy atom. The number of hydrogen-bond donors (Lipinski definition) is 1. The quantitative estimate of drug-likeness (QED) is 0.906. The molecule has 1 saturated carbocycles. The maximum atomic E-state index is 13.7. The van der Waals surface area contributed by atoms with Crippen molar-refractivity contribution in [3.63, 3.8) is 0 Å². The second-order valence-corrected chi connectivity index (χ2v) is 5.11. The zero-order chi connectivity index (χ0) is 13.9. The average molecular weight is 270 g/mol. The van der Waals surface area contributed by atoms with Crippen LogP contribution in [0.2, 0.25) is 0 Å². The molecular formula is C15H15FN4. The molecule has 1 aromatic heterocycles. The zero-order valence-corrected chi connectivity index (χ0v) is 11.0. The standard InChI is InChI=1S/C15H15FN4/c16-15-4-1-11(6-17)5-12(15)8-20-9-14(19-10-20)7-18-13-2-3-13/h1,4-5,9-10,13,18H,2-3,7-8H2. The van der Waals surface area contributed by atoms with Crippen LogP contribution in [0.1, 0.15) is 29.7 Å². The Balaban J connectivity index is 1.69. The summed E-state index contributed by atoms with van der Waals surface area (Å²) in [6, 6.07) is 7.07. The third-order valence-electron chi connectivity index (χ3n) is 3.36. The molecule has 2 aromatic rings. The van der Waals surface area contributed by atoms with Crippen LogP contribution in [0.25, 0.3) is 0 Å². The summed E-state index contributed by atoms with van der Waals surface area (Å²) in [5.74, 6) is -0.296. The van der Waals surface area contributed by atoms with Crippen molar-refractivity contribution in [3.8, 4) is 6.07 Å². The Bertz CT molecular complexity index is 652. The number of nitrogens with zero attached hydrogens (tertiary/aromatic N) is 3. The summed E-state index contributed by atoms with van der Waals surface area (Å²) in [4.78, 5) is 4.30. The number of nitriles is 1. The molecule has 1 heterocycles. The molecule has 20 heavy (non-hydrogen) atoms. The minimum atomic E-state index is -0.296. The summed E-state index contributed by atoms with van der Waals surface area (Å²) in [7, 11) is 0. The predicted octanol–water partition coefficient (Wildman–Crippen LogP) is 2.19. The molecule has 3 rings (SSSR count). The van der Waals surface area contributed by atoms with Gasteiger partial charge in [-0.1, -0.05) is 0 Å². The summed E-state index contributed by atoms with van der Waals surface area (Å²) in [6.07, 6.45) is 6.09. The normalized spacial score (nSPS) is 14.2. The fourth-order valence-corrected chi connectivity index (χ4v) is 2.08. The van der Waals surface area contributed by atoms with Crippen molar-refractivity contribution < 1.29 is 4.39 Å². The molecule has 1 aromatic carbocycles. The summed E-state index contributed by atoms with van der Waals surface area (Å²) in [5.41, 5.74) is 1.93. The van der Waals surface area contributed by atoms with Gasteiger partial charge in [0.1, 0.15) is 5.82 Å². The smallest absolute Gasteiger partial charge is 0.128 e. The highest BCUT2D eigenvalue weighted by Gasteiger charge is 2.20. The maximum Gasteiger partial charge on any atom is 0.128 e. The van der Waals surface area contributed by atoms with E-state index < -0.39 is 0 Å². The van der Waals surface area contributed by atoms with E-state index in [2.05, 4.69) is 10.3 Å². The van der Waals surface area contributed by atoms with Gasteiger partial charge in [0.25, 0.3) is 0 Å². The highest BCUT2D eigenvalue weighted by atomic mass is 19.1. The third kappa shape index (κ3) is 3.03. The highest BCUT2D eigenvalue weighted by Crippen LogP contribution is 2.19. The number of benzene rings is 1. The second kappa shape index (κ2) is 5.43. The van der Waals surface area contributed by atoms with Gasteiger partial charge in [0.05, 0.1) is 30.2 Å². The van der Waals surface area contributed by atoms with Crippen molar-refractivity contribution in [1.82, 2.24) is 14.9 Å². The van der Waals surface area contributed by atoms with Gasteiger partial charge in [0, 0.05) is 24.3 Å². The molecule has 1 N–H and O–H groups in total. The highest BCUT2D eigenvalue weighted by molar-refractivity contribution is 5.33. The van der Waals surface area contributed by atoms with Gasteiger partial charge in [-0.3, -0.25) is 0 Å². The Kier molecular flexibility index (Phi) is 3.48. The van der Waals surface area contributed by atoms with E-state index in [1.54, 1.807) is 12.4 Å². The van der Waals surface area contributed by atoms with Gasteiger partial charge in [-0.25, -0.2) is 9.37 Å². The molecule has 1 aliphatic rings. The summed E-state index contributed by atoms with van der Waals surface area (Å²) < 4.78 is 15.5. The molecule has 1 fully saturated rings. The number of halogens is 1. The first-order valence-electron chi connectivity index (χ1n) is 6.67. The molecule has 0 amide bonds. The second-order valence-electron chi connectivity index (χ2n) is 5.11. The Morgan fingerprint density at radius 3 is 3.05 bits per heavy atom.